The first-order valence-corrected chi connectivity index (χ1v) is 5.99. The molecular weight excluding hydrogens is 323 g/mol. The van der Waals surface area contributed by atoms with Crippen molar-refractivity contribution in [3.63, 3.8) is 0 Å². The molecule has 0 unspecified atom stereocenters. The topological polar surface area (TPSA) is 29.1 Å². The Balaban J connectivity index is 2.32. The summed E-state index contributed by atoms with van der Waals surface area (Å²) in [6.45, 7) is 0. The molecule has 0 aromatic heterocycles. The Morgan fingerprint density at radius 2 is 1.79 bits per heavy atom. The zero-order chi connectivity index (χ0) is 14.0. The Kier molecular flexibility index (Phi) is 3.90. The maximum Gasteiger partial charge on any atom is 0.256 e. The van der Waals surface area contributed by atoms with Crippen LogP contribution in [0.3, 0.4) is 0 Å². The number of benzene rings is 2. The summed E-state index contributed by atoms with van der Waals surface area (Å²) in [6.07, 6.45) is 0. The van der Waals surface area contributed by atoms with Crippen molar-refractivity contribution in [1.82, 2.24) is 0 Å². The molecule has 1 N–H and O–H groups in total. The highest BCUT2D eigenvalue weighted by Gasteiger charge is 2.15. The molecule has 0 radical (unpaired) electrons. The third-order valence-corrected chi connectivity index (χ3v) is 3.05. The van der Waals surface area contributed by atoms with Gasteiger partial charge in [-0.3, -0.25) is 4.79 Å². The van der Waals surface area contributed by atoms with E-state index < -0.39 is 29.0 Å². The van der Waals surface area contributed by atoms with Crippen molar-refractivity contribution >= 4 is 27.5 Å². The Hall–Kier alpha value is -1.82. The number of rotatable bonds is 2. The molecule has 0 atom stereocenters. The standard InChI is InChI=1S/C13H7BrF3NO/c14-9-4-2-1-3-8(9)13(19)18-11-6-7(15)5-10(16)12(11)17/h1-6H,(H,18,19). The second-order valence-electron chi connectivity index (χ2n) is 3.68. The van der Waals surface area contributed by atoms with Gasteiger partial charge in [-0.25, -0.2) is 13.2 Å². The minimum absolute atomic E-state index is 0.228. The zero-order valence-corrected chi connectivity index (χ0v) is 11.0. The van der Waals surface area contributed by atoms with Gasteiger partial charge in [-0.1, -0.05) is 12.1 Å². The second-order valence-corrected chi connectivity index (χ2v) is 4.54. The van der Waals surface area contributed by atoms with Crippen molar-refractivity contribution in [2.75, 3.05) is 5.32 Å². The number of hydrogen-bond acceptors (Lipinski definition) is 1. The molecule has 1 amide bonds. The summed E-state index contributed by atoms with van der Waals surface area (Å²) in [5.74, 6) is -4.30. The molecule has 0 aliphatic carbocycles. The molecule has 0 aliphatic rings. The maximum absolute atomic E-state index is 13.4. The largest absolute Gasteiger partial charge is 0.319 e. The molecule has 2 nitrogen and oxygen atoms in total. The number of anilines is 1. The highest BCUT2D eigenvalue weighted by molar-refractivity contribution is 9.10. The molecule has 98 valence electrons. The molecule has 0 saturated carbocycles. The van der Waals surface area contributed by atoms with E-state index in [1.165, 1.54) is 6.07 Å². The van der Waals surface area contributed by atoms with Crippen LogP contribution in [0.2, 0.25) is 0 Å². The minimum atomic E-state index is -1.36. The maximum atomic E-state index is 13.4. The molecule has 19 heavy (non-hydrogen) atoms. The van der Waals surface area contributed by atoms with Crippen LogP contribution in [0.1, 0.15) is 10.4 Å². The smallest absolute Gasteiger partial charge is 0.256 e. The summed E-state index contributed by atoms with van der Waals surface area (Å²) >= 11 is 3.15. The van der Waals surface area contributed by atoms with E-state index in [0.29, 0.717) is 16.6 Å². The van der Waals surface area contributed by atoms with Gasteiger partial charge in [0.15, 0.2) is 11.6 Å². The lowest BCUT2D eigenvalue weighted by atomic mass is 10.2. The molecule has 0 fully saturated rings. The average molecular weight is 330 g/mol. The van der Waals surface area contributed by atoms with Gasteiger partial charge in [0.05, 0.1) is 11.3 Å². The molecule has 2 aromatic carbocycles. The lowest BCUT2D eigenvalue weighted by Crippen LogP contribution is -2.14. The van der Waals surface area contributed by atoms with Crippen LogP contribution in [0.4, 0.5) is 18.9 Å². The Labute approximate surface area is 115 Å². The van der Waals surface area contributed by atoms with Gasteiger partial charge in [0, 0.05) is 16.6 Å². The first-order valence-electron chi connectivity index (χ1n) is 5.19. The van der Waals surface area contributed by atoms with E-state index in [2.05, 4.69) is 21.2 Å². The molecule has 6 heteroatoms. The van der Waals surface area contributed by atoms with E-state index in [0.717, 1.165) is 0 Å². The molecule has 0 aliphatic heterocycles. The van der Waals surface area contributed by atoms with Gasteiger partial charge < -0.3 is 5.32 Å². The van der Waals surface area contributed by atoms with E-state index in [9.17, 15) is 18.0 Å². The fourth-order valence-electron chi connectivity index (χ4n) is 1.48. The van der Waals surface area contributed by atoms with Gasteiger partial charge in [-0.05, 0) is 28.1 Å². The first kappa shape index (κ1) is 13.6. The van der Waals surface area contributed by atoms with E-state index in [-0.39, 0.29) is 5.56 Å². The van der Waals surface area contributed by atoms with Gasteiger partial charge in [-0.15, -0.1) is 0 Å². The molecule has 0 spiro atoms. The quantitative estimate of drug-likeness (QED) is 0.825. The first-order chi connectivity index (χ1) is 8.99. The van der Waals surface area contributed by atoms with Crippen molar-refractivity contribution in [1.29, 1.82) is 0 Å². The number of carbonyl (C=O) groups excluding carboxylic acids is 1. The van der Waals surface area contributed by atoms with Gasteiger partial charge in [-0.2, -0.15) is 0 Å². The predicted molar refractivity (Wildman–Crippen MR) is 68.4 cm³/mol. The molecule has 2 aromatic rings. The minimum Gasteiger partial charge on any atom is -0.319 e. The van der Waals surface area contributed by atoms with Gasteiger partial charge in [0.2, 0.25) is 0 Å². The Bertz CT molecular complexity index is 646. The van der Waals surface area contributed by atoms with Crippen LogP contribution in [-0.4, -0.2) is 5.91 Å². The van der Waals surface area contributed by atoms with Crippen molar-refractivity contribution in [3.05, 3.63) is 63.9 Å². The number of nitrogens with one attached hydrogen (secondary N) is 1. The predicted octanol–water partition coefficient (Wildman–Crippen LogP) is 4.12. The SMILES string of the molecule is O=C(Nc1cc(F)cc(F)c1F)c1ccccc1Br. The lowest BCUT2D eigenvalue weighted by Gasteiger charge is -2.08. The van der Waals surface area contributed by atoms with E-state index >= 15 is 0 Å². The van der Waals surface area contributed by atoms with Gasteiger partial charge in [0.1, 0.15) is 5.82 Å². The number of carbonyl (C=O) groups is 1. The average Bonchev–Trinajstić information content (AvgIpc) is 2.35. The van der Waals surface area contributed by atoms with Gasteiger partial charge in [0.25, 0.3) is 5.91 Å². The number of hydrogen-bond donors (Lipinski definition) is 1. The third-order valence-electron chi connectivity index (χ3n) is 2.36. The summed E-state index contributed by atoms with van der Waals surface area (Å²) < 4.78 is 39.9. The van der Waals surface area contributed by atoms with Crippen molar-refractivity contribution in [2.24, 2.45) is 0 Å². The highest BCUT2D eigenvalue weighted by atomic mass is 79.9. The van der Waals surface area contributed by atoms with Crippen LogP contribution in [0.15, 0.2) is 40.9 Å². The van der Waals surface area contributed by atoms with Crippen LogP contribution in [0.5, 0.6) is 0 Å². The lowest BCUT2D eigenvalue weighted by molar-refractivity contribution is 0.102. The third kappa shape index (κ3) is 2.96. The molecule has 0 bridgehead atoms. The van der Waals surface area contributed by atoms with Crippen LogP contribution >= 0.6 is 15.9 Å². The van der Waals surface area contributed by atoms with Crippen molar-refractivity contribution < 1.29 is 18.0 Å². The zero-order valence-electron chi connectivity index (χ0n) is 9.38. The van der Waals surface area contributed by atoms with Crippen LogP contribution < -0.4 is 5.32 Å². The van der Waals surface area contributed by atoms with Crippen LogP contribution in [0.25, 0.3) is 0 Å². The highest BCUT2D eigenvalue weighted by Crippen LogP contribution is 2.22. The van der Waals surface area contributed by atoms with Crippen molar-refractivity contribution in [3.8, 4) is 0 Å². The molecule has 0 heterocycles. The summed E-state index contributed by atoms with van der Waals surface area (Å²) in [7, 11) is 0. The summed E-state index contributed by atoms with van der Waals surface area (Å²) in [5, 5.41) is 2.13. The second kappa shape index (κ2) is 5.44. The van der Waals surface area contributed by atoms with Crippen LogP contribution in [-0.2, 0) is 0 Å². The summed E-state index contributed by atoms with van der Waals surface area (Å²) in [5.41, 5.74) is -0.315. The molecular formula is C13H7BrF3NO. The fraction of sp³-hybridized carbons (Fsp3) is 0. The van der Waals surface area contributed by atoms with Crippen LogP contribution in [0, 0.1) is 17.5 Å². The fourth-order valence-corrected chi connectivity index (χ4v) is 1.95. The summed E-state index contributed by atoms with van der Waals surface area (Å²) in [4.78, 5) is 11.9. The van der Waals surface area contributed by atoms with Gasteiger partial charge >= 0.3 is 0 Å². The number of halogens is 4. The monoisotopic (exact) mass is 329 g/mol. The normalized spacial score (nSPS) is 10.3. The van der Waals surface area contributed by atoms with E-state index in [1.54, 1.807) is 18.2 Å². The van der Waals surface area contributed by atoms with E-state index in [1.807, 2.05) is 0 Å². The Morgan fingerprint density at radius 1 is 1.11 bits per heavy atom. The molecule has 2 rings (SSSR count). The molecule has 0 saturated heterocycles. The number of amides is 1. The summed E-state index contributed by atoms with van der Waals surface area (Å²) in [6, 6.07) is 7.55. The van der Waals surface area contributed by atoms with Crippen molar-refractivity contribution in [2.45, 2.75) is 0 Å². The Morgan fingerprint density at radius 3 is 2.47 bits per heavy atom. The van der Waals surface area contributed by atoms with E-state index in [4.69, 9.17) is 0 Å².